The fraction of sp³-hybridized carbons (Fsp3) is 0.360. The van der Waals surface area contributed by atoms with Gasteiger partial charge in [-0.2, -0.15) is 9.40 Å². The molecule has 2 aromatic carbocycles. The minimum atomic E-state index is -3.65. The molecule has 0 unspecified atom stereocenters. The Morgan fingerprint density at radius 2 is 1.66 bits per heavy atom. The molecule has 1 amide bonds. The molecule has 0 radical (unpaired) electrons. The van der Waals surface area contributed by atoms with Gasteiger partial charge < -0.3 is 15.0 Å². The van der Waals surface area contributed by atoms with Gasteiger partial charge in [0.1, 0.15) is 0 Å². The Labute approximate surface area is 205 Å². The lowest BCUT2D eigenvalue weighted by atomic mass is 10.2. The number of para-hydroxylation sites is 1. The van der Waals surface area contributed by atoms with Crippen molar-refractivity contribution in [3.63, 3.8) is 0 Å². The maximum absolute atomic E-state index is 13.3. The summed E-state index contributed by atoms with van der Waals surface area (Å²) in [7, 11) is -3.65. The summed E-state index contributed by atoms with van der Waals surface area (Å²) >= 11 is 0. The average Bonchev–Trinajstić information content (AvgIpc) is 3.41. The zero-order valence-corrected chi connectivity index (χ0v) is 20.3. The number of morpholine rings is 1. The molecule has 2 saturated heterocycles. The van der Waals surface area contributed by atoms with Gasteiger partial charge >= 0.3 is 0 Å². The molecule has 5 rings (SSSR count). The molecule has 0 bridgehead atoms. The Hall–Kier alpha value is -3.21. The smallest absolute Gasteiger partial charge is 0.276 e. The van der Waals surface area contributed by atoms with Gasteiger partial charge in [0, 0.05) is 32.4 Å². The van der Waals surface area contributed by atoms with Crippen LogP contribution >= 0.6 is 0 Å². The van der Waals surface area contributed by atoms with Crippen molar-refractivity contribution < 1.29 is 17.9 Å². The molecule has 2 fully saturated rings. The van der Waals surface area contributed by atoms with Crippen LogP contribution in [0.25, 0.3) is 5.69 Å². The van der Waals surface area contributed by atoms with Gasteiger partial charge in [0.15, 0.2) is 5.69 Å². The van der Waals surface area contributed by atoms with Crippen molar-refractivity contribution in [3.8, 4) is 5.69 Å². The van der Waals surface area contributed by atoms with E-state index >= 15 is 0 Å². The molecule has 35 heavy (non-hydrogen) atoms. The van der Waals surface area contributed by atoms with Crippen LogP contribution in [0.1, 0.15) is 29.8 Å². The Morgan fingerprint density at radius 1 is 0.914 bits per heavy atom. The number of carbonyl (C=O) groups excluding carboxylic acids is 1. The Balaban J connectivity index is 1.45. The van der Waals surface area contributed by atoms with E-state index in [0.717, 1.165) is 30.6 Å². The summed E-state index contributed by atoms with van der Waals surface area (Å²) in [5.41, 5.74) is 2.30. The van der Waals surface area contributed by atoms with E-state index in [1.807, 2.05) is 30.3 Å². The number of nitrogens with zero attached hydrogens (tertiary/aromatic N) is 4. The molecule has 3 heterocycles. The Morgan fingerprint density at radius 3 is 2.40 bits per heavy atom. The normalized spacial score (nSPS) is 17.3. The predicted molar refractivity (Wildman–Crippen MR) is 134 cm³/mol. The summed E-state index contributed by atoms with van der Waals surface area (Å²) < 4.78 is 35.3. The fourth-order valence-electron chi connectivity index (χ4n) is 4.47. The number of piperidine rings is 1. The Kier molecular flexibility index (Phi) is 6.85. The van der Waals surface area contributed by atoms with Crippen LogP contribution in [0.5, 0.6) is 0 Å². The molecule has 2 aliphatic rings. The van der Waals surface area contributed by atoms with Gasteiger partial charge in [-0.15, -0.1) is 0 Å². The van der Waals surface area contributed by atoms with Gasteiger partial charge in [0.25, 0.3) is 5.91 Å². The number of hydrogen-bond acceptors (Lipinski definition) is 6. The van der Waals surface area contributed by atoms with Crippen LogP contribution in [0.4, 0.5) is 11.4 Å². The van der Waals surface area contributed by atoms with Crippen molar-refractivity contribution in [1.29, 1.82) is 0 Å². The van der Waals surface area contributed by atoms with Crippen molar-refractivity contribution in [2.75, 3.05) is 49.6 Å². The molecule has 0 saturated carbocycles. The van der Waals surface area contributed by atoms with E-state index < -0.39 is 15.9 Å². The zero-order valence-electron chi connectivity index (χ0n) is 19.5. The lowest BCUT2D eigenvalue weighted by molar-refractivity contribution is 0.102. The van der Waals surface area contributed by atoms with Crippen LogP contribution in [0, 0.1) is 0 Å². The first-order chi connectivity index (χ1) is 17.0. The van der Waals surface area contributed by atoms with Crippen molar-refractivity contribution in [1.82, 2.24) is 14.1 Å². The first-order valence-corrected chi connectivity index (χ1v) is 13.4. The zero-order chi connectivity index (χ0) is 24.3. The summed E-state index contributed by atoms with van der Waals surface area (Å²) in [6, 6.07) is 16.2. The van der Waals surface area contributed by atoms with Crippen LogP contribution in [0.15, 0.2) is 65.7 Å². The van der Waals surface area contributed by atoms with E-state index in [2.05, 4.69) is 15.3 Å². The SMILES string of the molecule is O=C(Nc1cc(S(=O)(=O)N2CCCCC2)ccc1N1CCOCC1)c1ccn(-c2ccccc2)n1. The van der Waals surface area contributed by atoms with Crippen molar-refractivity contribution >= 4 is 27.3 Å². The lowest BCUT2D eigenvalue weighted by Crippen LogP contribution is -2.37. The number of carbonyl (C=O) groups is 1. The number of amides is 1. The van der Waals surface area contributed by atoms with E-state index in [4.69, 9.17) is 4.74 Å². The van der Waals surface area contributed by atoms with Gasteiger partial charge in [-0.05, 0) is 49.2 Å². The predicted octanol–water partition coefficient (Wildman–Crippen LogP) is 3.14. The lowest BCUT2D eigenvalue weighted by Gasteiger charge is -2.31. The van der Waals surface area contributed by atoms with E-state index in [9.17, 15) is 13.2 Å². The molecule has 184 valence electrons. The first kappa shape index (κ1) is 23.5. The number of sulfonamides is 1. The molecule has 10 heteroatoms. The summed E-state index contributed by atoms with van der Waals surface area (Å²) in [5.74, 6) is -0.401. The second kappa shape index (κ2) is 10.2. The summed E-state index contributed by atoms with van der Waals surface area (Å²) in [4.78, 5) is 15.4. The highest BCUT2D eigenvalue weighted by atomic mass is 32.2. The van der Waals surface area contributed by atoms with E-state index in [0.29, 0.717) is 45.1 Å². The highest BCUT2D eigenvalue weighted by Gasteiger charge is 2.28. The number of rotatable bonds is 6. The molecule has 0 atom stereocenters. The molecule has 1 aromatic heterocycles. The van der Waals surface area contributed by atoms with Crippen LogP contribution in [-0.4, -0.2) is 67.8 Å². The maximum Gasteiger partial charge on any atom is 0.276 e. The third-order valence-electron chi connectivity index (χ3n) is 6.36. The van der Waals surface area contributed by atoms with Crippen LogP contribution in [0.3, 0.4) is 0 Å². The minimum Gasteiger partial charge on any atom is -0.378 e. The third-order valence-corrected chi connectivity index (χ3v) is 8.26. The van der Waals surface area contributed by atoms with Gasteiger partial charge in [-0.1, -0.05) is 24.6 Å². The highest BCUT2D eigenvalue weighted by Crippen LogP contribution is 2.32. The molecule has 0 spiro atoms. The number of ether oxygens (including phenoxy) is 1. The molecule has 9 nitrogen and oxygen atoms in total. The molecular formula is C25H29N5O4S. The molecule has 1 N–H and O–H groups in total. The topological polar surface area (TPSA) is 96.8 Å². The van der Waals surface area contributed by atoms with Crippen LogP contribution < -0.4 is 10.2 Å². The van der Waals surface area contributed by atoms with Crippen molar-refractivity contribution in [2.45, 2.75) is 24.2 Å². The fourth-order valence-corrected chi connectivity index (χ4v) is 6.01. The first-order valence-electron chi connectivity index (χ1n) is 11.9. The van der Waals surface area contributed by atoms with Gasteiger partial charge in [0.2, 0.25) is 10.0 Å². The minimum absolute atomic E-state index is 0.182. The van der Waals surface area contributed by atoms with Crippen LogP contribution in [0.2, 0.25) is 0 Å². The molecule has 0 aliphatic carbocycles. The maximum atomic E-state index is 13.3. The van der Waals surface area contributed by atoms with E-state index in [1.165, 1.54) is 4.31 Å². The molecule has 3 aromatic rings. The van der Waals surface area contributed by atoms with Crippen molar-refractivity contribution in [3.05, 3.63) is 66.5 Å². The second-order valence-electron chi connectivity index (χ2n) is 8.68. The quantitative estimate of drug-likeness (QED) is 0.564. The monoisotopic (exact) mass is 495 g/mol. The highest BCUT2D eigenvalue weighted by molar-refractivity contribution is 7.89. The number of aromatic nitrogens is 2. The Bertz CT molecular complexity index is 1280. The number of nitrogens with one attached hydrogen (secondary N) is 1. The number of benzene rings is 2. The number of anilines is 2. The van der Waals surface area contributed by atoms with Crippen molar-refractivity contribution in [2.24, 2.45) is 0 Å². The second-order valence-corrected chi connectivity index (χ2v) is 10.6. The van der Waals surface area contributed by atoms with E-state index in [1.54, 1.807) is 35.1 Å². The van der Waals surface area contributed by atoms with Crippen LogP contribution in [-0.2, 0) is 14.8 Å². The summed E-state index contributed by atoms with van der Waals surface area (Å²) in [5, 5.41) is 7.33. The standard InChI is InChI=1S/C25H29N5O4S/c31-25(22-11-14-30(27-22)20-7-3-1-4-8-20)26-23-19-21(35(32,33)29-12-5-2-6-13-29)9-10-24(23)28-15-17-34-18-16-28/h1,3-4,7-11,14,19H,2,5-6,12-13,15-18H2,(H,26,31). The summed E-state index contributed by atoms with van der Waals surface area (Å²) in [6.45, 7) is 3.50. The third kappa shape index (κ3) is 5.09. The molecule has 2 aliphatic heterocycles. The van der Waals surface area contributed by atoms with Gasteiger partial charge in [0.05, 0.1) is 35.2 Å². The van der Waals surface area contributed by atoms with E-state index in [-0.39, 0.29) is 10.6 Å². The van der Waals surface area contributed by atoms with Gasteiger partial charge in [-0.3, -0.25) is 4.79 Å². The molecular weight excluding hydrogens is 466 g/mol. The summed E-state index contributed by atoms with van der Waals surface area (Å²) in [6.07, 6.45) is 4.49. The average molecular weight is 496 g/mol. The van der Waals surface area contributed by atoms with Gasteiger partial charge in [-0.25, -0.2) is 13.1 Å². The largest absolute Gasteiger partial charge is 0.378 e. The number of hydrogen-bond donors (Lipinski definition) is 1.